The van der Waals surface area contributed by atoms with Gasteiger partial charge in [-0.2, -0.15) is 0 Å². The molecule has 4 rings (SSSR count). The quantitative estimate of drug-likeness (QED) is 0.537. The molecular formula is C22H20N2O. The smallest absolute Gasteiger partial charge is 0.196 e. The third-order valence-corrected chi connectivity index (χ3v) is 4.63. The molecule has 0 aliphatic heterocycles. The first-order valence-electron chi connectivity index (χ1n) is 8.37. The van der Waals surface area contributed by atoms with Crippen molar-refractivity contribution in [2.24, 2.45) is 0 Å². The molecule has 0 unspecified atom stereocenters. The van der Waals surface area contributed by atoms with E-state index < -0.39 is 0 Å². The number of H-pyrrole nitrogens is 1. The average molecular weight is 328 g/mol. The molecule has 1 N–H and O–H groups in total. The highest BCUT2D eigenvalue weighted by Gasteiger charge is 2.13. The van der Waals surface area contributed by atoms with Crippen molar-refractivity contribution in [2.45, 2.75) is 13.8 Å². The predicted molar refractivity (Wildman–Crippen MR) is 103 cm³/mol. The molecule has 0 radical (unpaired) electrons. The molecule has 0 saturated heterocycles. The van der Waals surface area contributed by atoms with E-state index in [1.807, 2.05) is 13.0 Å². The number of aromatic nitrogens is 2. The Morgan fingerprint density at radius 1 is 0.840 bits per heavy atom. The molecule has 0 amide bonds. The second kappa shape index (κ2) is 6.10. The van der Waals surface area contributed by atoms with Crippen molar-refractivity contribution < 1.29 is 4.74 Å². The Morgan fingerprint density at radius 2 is 1.48 bits per heavy atom. The van der Waals surface area contributed by atoms with Crippen molar-refractivity contribution in [1.82, 2.24) is 9.97 Å². The maximum Gasteiger partial charge on any atom is 0.196 e. The molecule has 0 aliphatic carbocycles. The van der Waals surface area contributed by atoms with E-state index in [1.165, 1.54) is 11.1 Å². The summed E-state index contributed by atoms with van der Waals surface area (Å²) in [6, 6.07) is 21.1. The normalized spacial score (nSPS) is 11.0. The van der Waals surface area contributed by atoms with Gasteiger partial charge in [-0.15, -0.1) is 0 Å². The number of hydrogen-bond acceptors (Lipinski definition) is 2. The van der Waals surface area contributed by atoms with E-state index in [0.717, 1.165) is 39.3 Å². The van der Waals surface area contributed by atoms with Gasteiger partial charge in [0.05, 0.1) is 23.8 Å². The zero-order valence-corrected chi connectivity index (χ0v) is 14.6. The second-order valence-corrected chi connectivity index (χ2v) is 6.28. The molecule has 25 heavy (non-hydrogen) atoms. The van der Waals surface area contributed by atoms with Crippen LogP contribution in [0.25, 0.3) is 33.4 Å². The number of methoxy groups -OCH3 is 1. The highest BCUT2D eigenvalue weighted by Crippen LogP contribution is 2.31. The van der Waals surface area contributed by atoms with Crippen molar-refractivity contribution >= 4 is 11.0 Å². The van der Waals surface area contributed by atoms with Gasteiger partial charge in [0, 0.05) is 11.1 Å². The highest BCUT2D eigenvalue weighted by molar-refractivity contribution is 5.85. The molecule has 0 spiro atoms. The largest absolute Gasteiger partial charge is 0.482 e. The monoisotopic (exact) mass is 328 g/mol. The lowest BCUT2D eigenvalue weighted by molar-refractivity contribution is 0.398. The van der Waals surface area contributed by atoms with Crippen LogP contribution in [0.3, 0.4) is 0 Å². The molecule has 2 aromatic heterocycles. The zero-order valence-electron chi connectivity index (χ0n) is 14.6. The van der Waals surface area contributed by atoms with Gasteiger partial charge < -0.3 is 9.72 Å². The van der Waals surface area contributed by atoms with Gasteiger partial charge in [0.1, 0.15) is 0 Å². The summed E-state index contributed by atoms with van der Waals surface area (Å²) in [7, 11) is 1.67. The molecule has 3 nitrogen and oxygen atoms in total. The van der Waals surface area contributed by atoms with Crippen LogP contribution < -0.4 is 4.74 Å². The van der Waals surface area contributed by atoms with E-state index in [4.69, 9.17) is 9.72 Å². The van der Waals surface area contributed by atoms with Gasteiger partial charge in [-0.3, -0.25) is 0 Å². The van der Waals surface area contributed by atoms with E-state index in [2.05, 4.69) is 66.5 Å². The first-order chi connectivity index (χ1) is 12.2. The molecule has 124 valence electrons. The average Bonchev–Trinajstić information content (AvgIpc) is 2.97. The lowest BCUT2D eigenvalue weighted by Gasteiger charge is -2.08. The number of fused-ring (bicyclic) bond motifs is 1. The standard InChI is InChI=1S/C22H20N2O/c1-14-13-19-21(15(2)22(23-19)25-3)24-20(14)18-11-9-17(10-12-18)16-7-5-4-6-8-16/h4-13,23H,1-3H3. The van der Waals surface area contributed by atoms with Gasteiger partial charge in [0.25, 0.3) is 0 Å². The maximum absolute atomic E-state index is 5.38. The summed E-state index contributed by atoms with van der Waals surface area (Å²) >= 11 is 0. The Balaban J connectivity index is 1.79. The van der Waals surface area contributed by atoms with Crippen LogP contribution in [0.15, 0.2) is 60.7 Å². The minimum absolute atomic E-state index is 0.776. The first-order valence-corrected chi connectivity index (χ1v) is 8.37. The van der Waals surface area contributed by atoms with Crippen LogP contribution in [0.2, 0.25) is 0 Å². The summed E-state index contributed by atoms with van der Waals surface area (Å²) in [5.74, 6) is 0.776. The number of aromatic amines is 1. The van der Waals surface area contributed by atoms with Gasteiger partial charge in [0.2, 0.25) is 0 Å². The zero-order chi connectivity index (χ0) is 17.4. The van der Waals surface area contributed by atoms with E-state index in [1.54, 1.807) is 7.11 Å². The van der Waals surface area contributed by atoms with Gasteiger partial charge in [-0.1, -0.05) is 54.6 Å². The number of rotatable bonds is 3. The number of nitrogens with one attached hydrogen (secondary N) is 1. The van der Waals surface area contributed by atoms with Crippen molar-refractivity contribution in [2.75, 3.05) is 7.11 Å². The molecular weight excluding hydrogens is 308 g/mol. The summed E-state index contributed by atoms with van der Waals surface area (Å²) in [5.41, 5.74) is 8.73. The fourth-order valence-corrected chi connectivity index (χ4v) is 3.27. The fourth-order valence-electron chi connectivity index (χ4n) is 3.27. The number of benzene rings is 2. The number of ether oxygens (including phenoxy) is 1. The Bertz CT molecular complexity index is 1030. The molecule has 2 heterocycles. The third-order valence-electron chi connectivity index (χ3n) is 4.63. The molecule has 0 saturated carbocycles. The molecule has 0 aliphatic rings. The van der Waals surface area contributed by atoms with Crippen molar-refractivity contribution in [1.29, 1.82) is 0 Å². The molecule has 0 atom stereocenters. The van der Waals surface area contributed by atoms with E-state index in [0.29, 0.717) is 0 Å². The predicted octanol–water partition coefficient (Wildman–Crippen LogP) is 5.52. The Kier molecular flexibility index (Phi) is 3.77. The third kappa shape index (κ3) is 2.68. The molecule has 4 aromatic rings. The summed E-state index contributed by atoms with van der Waals surface area (Å²) < 4.78 is 5.38. The van der Waals surface area contributed by atoms with Gasteiger partial charge in [-0.05, 0) is 36.6 Å². The number of nitrogens with zero attached hydrogens (tertiary/aromatic N) is 1. The summed E-state index contributed by atoms with van der Waals surface area (Å²) in [4.78, 5) is 8.18. The summed E-state index contributed by atoms with van der Waals surface area (Å²) in [6.07, 6.45) is 0. The van der Waals surface area contributed by atoms with Gasteiger partial charge >= 0.3 is 0 Å². The summed E-state index contributed by atoms with van der Waals surface area (Å²) in [6.45, 7) is 4.12. The summed E-state index contributed by atoms with van der Waals surface area (Å²) in [5, 5.41) is 0. The Labute approximate surface area is 147 Å². The van der Waals surface area contributed by atoms with Crippen LogP contribution in [0.5, 0.6) is 5.88 Å². The van der Waals surface area contributed by atoms with Crippen molar-refractivity contribution in [3.05, 3.63) is 71.8 Å². The first kappa shape index (κ1) is 15.5. The molecule has 0 fully saturated rings. The number of aryl methyl sites for hydroxylation is 2. The van der Waals surface area contributed by atoms with Crippen LogP contribution in [0.4, 0.5) is 0 Å². The molecule has 0 bridgehead atoms. The Hall–Kier alpha value is -3.07. The SMILES string of the molecule is COc1[nH]c2cc(C)c(-c3ccc(-c4ccccc4)cc3)nc2c1C. The minimum Gasteiger partial charge on any atom is -0.482 e. The van der Waals surface area contributed by atoms with Crippen molar-refractivity contribution in [3.63, 3.8) is 0 Å². The van der Waals surface area contributed by atoms with Crippen molar-refractivity contribution in [3.8, 4) is 28.3 Å². The number of pyridine rings is 1. The Morgan fingerprint density at radius 3 is 2.16 bits per heavy atom. The number of hydrogen-bond donors (Lipinski definition) is 1. The maximum atomic E-state index is 5.38. The highest BCUT2D eigenvalue weighted by atomic mass is 16.5. The fraction of sp³-hybridized carbons (Fsp3) is 0.136. The lowest BCUT2D eigenvalue weighted by Crippen LogP contribution is -1.90. The van der Waals surface area contributed by atoms with Crippen LogP contribution in [-0.4, -0.2) is 17.1 Å². The van der Waals surface area contributed by atoms with Crippen LogP contribution >= 0.6 is 0 Å². The lowest BCUT2D eigenvalue weighted by atomic mass is 10.0. The van der Waals surface area contributed by atoms with Crippen LogP contribution in [0, 0.1) is 13.8 Å². The minimum atomic E-state index is 0.776. The van der Waals surface area contributed by atoms with E-state index in [9.17, 15) is 0 Å². The van der Waals surface area contributed by atoms with E-state index >= 15 is 0 Å². The topological polar surface area (TPSA) is 37.9 Å². The van der Waals surface area contributed by atoms with E-state index in [-0.39, 0.29) is 0 Å². The van der Waals surface area contributed by atoms with Gasteiger partial charge in [0.15, 0.2) is 5.88 Å². The van der Waals surface area contributed by atoms with Gasteiger partial charge in [-0.25, -0.2) is 4.98 Å². The molecule has 3 heteroatoms. The second-order valence-electron chi connectivity index (χ2n) is 6.28. The molecule has 2 aromatic carbocycles. The van der Waals surface area contributed by atoms with Crippen LogP contribution in [0.1, 0.15) is 11.1 Å². The van der Waals surface area contributed by atoms with Crippen LogP contribution in [-0.2, 0) is 0 Å².